The van der Waals surface area contributed by atoms with Crippen molar-refractivity contribution in [3.8, 4) is 11.1 Å². The van der Waals surface area contributed by atoms with Gasteiger partial charge >= 0.3 is 11.8 Å². The van der Waals surface area contributed by atoms with Gasteiger partial charge in [-0.15, -0.1) is 0 Å². The minimum Gasteiger partial charge on any atom is -0.427 e. The minimum absolute atomic E-state index is 0.193. The summed E-state index contributed by atoms with van der Waals surface area (Å²) < 4.78 is 17.7. The molecule has 9 heteroatoms. The van der Waals surface area contributed by atoms with Gasteiger partial charge in [0, 0.05) is 45.8 Å². The number of benzene rings is 3. The van der Waals surface area contributed by atoms with Crippen LogP contribution in [0.4, 0.5) is 10.5 Å². The maximum atomic E-state index is 12.7. The number of hydrogen-bond acceptors (Lipinski definition) is 7. The standard InChI is InChI=1S/C30H32N4O5/c35-29(33-16-18-37-19-17-33)38-22-34-27-11-5-10-26(28(27)39-30(34)36)32-14-12-31(13-15-32)21-23-6-4-9-25(20-23)24-7-2-1-3-8-24/h1-11,20H,12-19,21-22H2. The molecule has 0 unspecified atom stereocenters. The molecule has 0 saturated carbocycles. The highest BCUT2D eigenvalue weighted by Gasteiger charge is 2.23. The number of rotatable bonds is 6. The molecule has 0 N–H and O–H groups in total. The lowest BCUT2D eigenvalue weighted by molar-refractivity contribution is 0.0175. The monoisotopic (exact) mass is 528 g/mol. The van der Waals surface area contributed by atoms with E-state index >= 15 is 0 Å². The van der Waals surface area contributed by atoms with Crippen molar-refractivity contribution in [2.24, 2.45) is 0 Å². The zero-order valence-corrected chi connectivity index (χ0v) is 21.8. The Kier molecular flexibility index (Phi) is 7.33. The summed E-state index contributed by atoms with van der Waals surface area (Å²) >= 11 is 0. The molecule has 2 fully saturated rings. The van der Waals surface area contributed by atoms with E-state index in [0.29, 0.717) is 37.4 Å². The number of carbonyl (C=O) groups is 1. The average molecular weight is 529 g/mol. The Morgan fingerprint density at radius 2 is 1.56 bits per heavy atom. The van der Waals surface area contributed by atoms with Gasteiger partial charge in [0.25, 0.3) is 0 Å². The van der Waals surface area contributed by atoms with Crippen molar-refractivity contribution < 1.29 is 18.7 Å². The number of carbonyl (C=O) groups excluding carboxylic acids is 1. The summed E-state index contributed by atoms with van der Waals surface area (Å²) in [6, 6.07) is 24.9. The van der Waals surface area contributed by atoms with Crippen LogP contribution in [0.5, 0.6) is 0 Å². The zero-order chi connectivity index (χ0) is 26.6. The molecule has 6 rings (SSSR count). The van der Waals surface area contributed by atoms with Gasteiger partial charge in [-0.1, -0.05) is 54.6 Å². The number of oxazole rings is 1. The van der Waals surface area contributed by atoms with Gasteiger partial charge in [-0.2, -0.15) is 0 Å². The van der Waals surface area contributed by atoms with Gasteiger partial charge in [-0.05, 0) is 34.9 Å². The smallest absolute Gasteiger partial charge is 0.422 e. The number of hydrogen-bond donors (Lipinski definition) is 0. The number of fused-ring (bicyclic) bond motifs is 1. The summed E-state index contributed by atoms with van der Waals surface area (Å²) in [6.07, 6.45) is -0.457. The molecule has 2 aliphatic heterocycles. The van der Waals surface area contributed by atoms with Crippen LogP contribution in [0.1, 0.15) is 5.56 Å². The second-order valence-electron chi connectivity index (χ2n) is 9.89. The zero-order valence-electron chi connectivity index (χ0n) is 21.8. The van der Waals surface area contributed by atoms with Crippen LogP contribution >= 0.6 is 0 Å². The first-order valence-electron chi connectivity index (χ1n) is 13.4. The molecule has 0 atom stereocenters. The Bertz CT molecular complexity index is 1480. The fourth-order valence-corrected chi connectivity index (χ4v) is 5.28. The molecular formula is C30H32N4O5. The highest BCUT2D eigenvalue weighted by Crippen LogP contribution is 2.28. The summed E-state index contributed by atoms with van der Waals surface area (Å²) in [5.41, 5.74) is 5.77. The molecule has 2 aliphatic rings. The first kappa shape index (κ1) is 25.2. The SMILES string of the molecule is O=C(OCn1c(=O)oc2c(N3CCN(Cc4cccc(-c5ccccc5)c4)CC3)cccc21)N1CCOCC1. The Labute approximate surface area is 226 Å². The van der Waals surface area contributed by atoms with Crippen LogP contribution in [0.3, 0.4) is 0 Å². The Balaban J connectivity index is 1.10. The summed E-state index contributed by atoms with van der Waals surface area (Å²) in [5, 5.41) is 0. The normalized spacial score (nSPS) is 16.5. The van der Waals surface area contributed by atoms with Crippen molar-refractivity contribution in [1.82, 2.24) is 14.4 Å². The van der Waals surface area contributed by atoms with Crippen LogP contribution < -0.4 is 10.7 Å². The predicted molar refractivity (Wildman–Crippen MR) is 149 cm³/mol. The van der Waals surface area contributed by atoms with Crippen molar-refractivity contribution in [3.63, 3.8) is 0 Å². The summed E-state index contributed by atoms with van der Waals surface area (Å²) in [6.45, 7) is 6.06. The van der Waals surface area contributed by atoms with Gasteiger partial charge < -0.3 is 23.7 Å². The van der Waals surface area contributed by atoms with E-state index in [-0.39, 0.29) is 6.73 Å². The van der Waals surface area contributed by atoms with Crippen molar-refractivity contribution in [2.75, 3.05) is 57.4 Å². The van der Waals surface area contributed by atoms with Crippen LogP contribution in [-0.2, 0) is 22.7 Å². The minimum atomic E-state index is -0.538. The molecule has 9 nitrogen and oxygen atoms in total. The van der Waals surface area contributed by atoms with E-state index in [9.17, 15) is 9.59 Å². The molecular weight excluding hydrogens is 496 g/mol. The fraction of sp³-hybridized carbons (Fsp3) is 0.333. The lowest BCUT2D eigenvalue weighted by Crippen LogP contribution is -2.46. The van der Waals surface area contributed by atoms with Crippen LogP contribution in [0.15, 0.2) is 82.0 Å². The maximum Gasteiger partial charge on any atom is 0.422 e. The number of amides is 1. The maximum absolute atomic E-state index is 12.7. The van der Waals surface area contributed by atoms with Gasteiger partial charge in [0.2, 0.25) is 0 Å². The van der Waals surface area contributed by atoms with Crippen LogP contribution in [-0.4, -0.2) is 72.9 Å². The largest absolute Gasteiger partial charge is 0.427 e. The first-order chi connectivity index (χ1) is 19.2. The topological polar surface area (TPSA) is 80.4 Å². The summed E-state index contributed by atoms with van der Waals surface area (Å²) in [7, 11) is 0. The number of aromatic nitrogens is 1. The molecule has 0 aliphatic carbocycles. The quantitative estimate of drug-likeness (QED) is 0.374. The van der Waals surface area contributed by atoms with E-state index in [4.69, 9.17) is 13.9 Å². The molecule has 3 aromatic carbocycles. The molecule has 4 aromatic rings. The number of morpholine rings is 1. The molecule has 39 heavy (non-hydrogen) atoms. The molecule has 0 bridgehead atoms. The molecule has 2 saturated heterocycles. The van der Waals surface area contributed by atoms with E-state index in [1.807, 2.05) is 24.3 Å². The Hall–Kier alpha value is -4.08. The van der Waals surface area contributed by atoms with Gasteiger partial charge in [-0.25, -0.2) is 14.2 Å². The van der Waals surface area contributed by atoms with Gasteiger partial charge in [0.1, 0.15) is 0 Å². The molecule has 0 spiro atoms. The molecule has 0 radical (unpaired) electrons. The third-order valence-electron chi connectivity index (χ3n) is 7.41. The van der Waals surface area contributed by atoms with E-state index in [1.165, 1.54) is 21.3 Å². The van der Waals surface area contributed by atoms with Gasteiger partial charge in [0.15, 0.2) is 12.3 Å². The summed E-state index contributed by atoms with van der Waals surface area (Å²) in [4.78, 5) is 31.4. The van der Waals surface area contributed by atoms with Crippen LogP contribution in [0.2, 0.25) is 0 Å². The third kappa shape index (κ3) is 5.55. The van der Waals surface area contributed by atoms with Gasteiger partial charge in [0.05, 0.1) is 24.4 Å². The average Bonchev–Trinajstić information content (AvgIpc) is 3.32. The number of nitrogens with zero attached hydrogens (tertiary/aromatic N) is 4. The summed E-state index contributed by atoms with van der Waals surface area (Å²) in [5.74, 6) is -0.538. The Morgan fingerprint density at radius 3 is 2.36 bits per heavy atom. The number of para-hydroxylation sites is 1. The van der Waals surface area contributed by atoms with Crippen LogP contribution in [0, 0.1) is 0 Å². The van der Waals surface area contributed by atoms with Gasteiger partial charge in [-0.3, -0.25) is 4.90 Å². The molecule has 202 valence electrons. The lowest BCUT2D eigenvalue weighted by Gasteiger charge is -2.36. The number of anilines is 1. The van der Waals surface area contributed by atoms with E-state index in [2.05, 4.69) is 58.3 Å². The predicted octanol–water partition coefficient (Wildman–Crippen LogP) is 4.01. The van der Waals surface area contributed by atoms with E-state index in [0.717, 1.165) is 38.4 Å². The van der Waals surface area contributed by atoms with E-state index in [1.54, 1.807) is 4.90 Å². The number of ether oxygens (including phenoxy) is 2. The van der Waals surface area contributed by atoms with Crippen molar-refractivity contribution in [2.45, 2.75) is 13.3 Å². The highest BCUT2D eigenvalue weighted by atomic mass is 16.6. The second kappa shape index (κ2) is 11.3. The van der Waals surface area contributed by atoms with Crippen molar-refractivity contribution >= 4 is 22.9 Å². The first-order valence-corrected chi connectivity index (χ1v) is 13.4. The van der Waals surface area contributed by atoms with E-state index < -0.39 is 11.8 Å². The van der Waals surface area contributed by atoms with Crippen LogP contribution in [0.25, 0.3) is 22.2 Å². The second-order valence-corrected chi connectivity index (χ2v) is 9.89. The fourth-order valence-electron chi connectivity index (χ4n) is 5.28. The third-order valence-corrected chi connectivity index (χ3v) is 7.41. The van der Waals surface area contributed by atoms with Crippen molar-refractivity contribution in [1.29, 1.82) is 0 Å². The highest BCUT2D eigenvalue weighted by molar-refractivity contribution is 5.87. The molecule has 1 amide bonds. The Morgan fingerprint density at radius 1 is 0.821 bits per heavy atom. The van der Waals surface area contributed by atoms with Crippen molar-refractivity contribution in [3.05, 3.63) is 88.9 Å². The lowest BCUT2D eigenvalue weighted by atomic mass is 10.0. The number of piperazine rings is 1. The molecule has 3 heterocycles. The molecule has 1 aromatic heterocycles.